The van der Waals surface area contributed by atoms with Gasteiger partial charge in [-0.3, -0.25) is 0 Å². The molecule has 8 heteroatoms. The molecule has 0 saturated heterocycles. The lowest BCUT2D eigenvalue weighted by Crippen LogP contribution is -2.03. The van der Waals surface area contributed by atoms with Gasteiger partial charge in [-0.1, -0.05) is 36.0 Å². The van der Waals surface area contributed by atoms with Gasteiger partial charge in [-0.2, -0.15) is 10.4 Å². The Bertz CT molecular complexity index is 1120. The van der Waals surface area contributed by atoms with Gasteiger partial charge in [-0.15, -0.1) is 21.5 Å². The number of nitrogens with zero attached hydrogens (tertiary/aromatic N) is 6. The summed E-state index contributed by atoms with van der Waals surface area (Å²) < 4.78 is 3.96. The van der Waals surface area contributed by atoms with Gasteiger partial charge in [0.25, 0.3) is 0 Å². The molecule has 3 aromatic heterocycles. The Labute approximate surface area is 171 Å². The maximum absolute atomic E-state index is 9.64. The van der Waals surface area contributed by atoms with E-state index in [2.05, 4.69) is 38.9 Å². The Morgan fingerprint density at radius 2 is 1.96 bits per heavy atom. The van der Waals surface area contributed by atoms with Crippen molar-refractivity contribution >= 4 is 23.1 Å². The predicted molar refractivity (Wildman–Crippen MR) is 112 cm³/mol. The second kappa shape index (κ2) is 8.00. The Morgan fingerprint density at radius 1 is 1.14 bits per heavy atom. The van der Waals surface area contributed by atoms with Gasteiger partial charge in [0.1, 0.15) is 6.07 Å². The summed E-state index contributed by atoms with van der Waals surface area (Å²) in [5, 5.41) is 25.9. The van der Waals surface area contributed by atoms with E-state index in [1.165, 1.54) is 0 Å². The van der Waals surface area contributed by atoms with Gasteiger partial charge in [0, 0.05) is 12.3 Å². The molecule has 3 heterocycles. The van der Waals surface area contributed by atoms with Crippen molar-refractivity contribution in [2.75, 3.05) is 0 Å². The van der Waals surface area contributed by atoms with Crippen LogP contribution in [0.4, 0.5) is 0 Å². The molecule has 0 aliphatic rings. The average molecular weight is 407 g/mol. The summed E-state index contributed by atoms with van der Waals surface area (Å²) in [5.41, 5.74) is 3.18. The third kappa shape index (κ3) is 3.35. The molecule has 0 spiro atoms. The monoisotopic (exact) mass is 406 g/mol. The summed E-state index contributed by atoms with van der Waals surface area (Å²) in [6.45, 7) is 4.74. The number of para-hydroxylation sites is 1. The van der Waals surface area contributed by atoms with Gasteiger partial charge in [-0.05, 0) is 37.4 Å². The first-order valence-corrected chi connectivity index (χ1v) is 10.7. The van der Waals surface area contributed by atoms with Crippen molar-refractivity contribution in [1.82, 2.24) is 24.5 Å². The minimum atomic E-state index is 0.585. The van der Waals surface area contributed by atoms with Crippen LogP contribution in [0.5, 0.6) is 0 Å². The van der Waals surface area contributed by atoms with Crippen LogP contribution in [0, 0.1) is 18.3 Å². The second-order valence-corrected chi connectivity index (χ2v) is 7.97. The van der Waals surface area contributed by atoms with E-state index in [1.54, 1.807) is 23.1 Å². The lowest BCUT2D eigenvalue weighted by molar-refractivity contribution is 0.687. The van der Waals surface area contributed by atoms with Crippen LogP contribution in [0.25, 0.3) is 16.4 Å². The standard InChI is InChI=1S/C20H18N6S2/c1-3-25-19(18-10-7-11-27-18)22-23-20(25)28-13-17-16(12-21)14(2)24-26(17)15-8-5-4-6-9-15/h4-11H,3,13H2,1-2H3. The number of aryl methyl sites for hydroxylation is 1. The summed E-state index contributed by atoms with van der Waals surface area (Å²) in [7, 11) is 0. The summed E-state index contributed by atoms with van der Waals surface area (Å²) >= 11 is 3.23. The zero-order valence-corrected chi connectivity index (χ0v) is 17.2. The zero-order chi connectivity index (χ0) is 19.5. The molecule has 0 radical (unpaired) electrons. The summed E-state index contributed by atoms with van der Waals surface area (Å²) in [4.78, 5) is 1.10. The fourth-order valence-corrected chi connectivity index (χ4v) is 4.76. The number of benzene rings is 1. The van der Waals surface area contributed by atoms with E-state index in [0.717, 1.165) is 39.5 Å². The highest BCUT2D eigenvalue weighted by molar-refractivity contribution is 7.98. The molecule has 140 valence electrons. The minimum Gasteiger partial charge on any atom is -0.302 e. The summed E-state index contributed by atoms with van der Waals surface area (Å²) in [6.07, 6.45) is 0. The van der Waals surface area contributed by atoms with Crippen molar-refractivity contribution in [3.8, 4) is 22.5 Å². The van der Waals surface area contributed by atoms with Gasteiger partial charge in [0.05, 0.1) is 27.5 Å². The van der Waals surface area contributed by atoms with Crippen molar-refractivity contribution in [3.63, 3.8) is 0 Å². The molecule has 0 unspecified atom stereocenters. The molecular weight excluding hydrogens is 388 g/mol. The van der Waals surface area contributed by atoms with Crippen molar-refractivity contribution in [2.24, 2.45) is 0 Å². The SMILES string of the molecule is CCn1c(SCc2c(C#N)c(C)nn2-c2ccccc2)nnc1-c1cccs1. The number of rotatable bonds is 6. The Morgan fingerprint density at radius 3 is 2.64 bits per heavy atom. The normalized spacial score (nSPS) is 10.9. The van der Waals surface area contributed by atoms with Crippen LogP contribution in [0.2, 0.25) is 0 Å². The summed E-state index contributed by atoms with van der Waals surface area (Å²) in [6, 6.07) is 16.3. The topological polar surface area (TPSA) is 72.3 Å². The molecule has 0 atom stereocenters. The highest BCUT2D eigenvalue weighted by Crippen LogP contribution is 2.30. The number of thiophene rings is 1. The first-order valence-electron chi connectivity index (χ1n) is 8.86. The van der Waals surface area contributed by atoms with E-state index in [0.29, 0.717) is 11.3 Å². The van der Waals surface area contributed by atoms with E-state index >= 15 is 0 Å². The van der Waals surface area contributed by atoms with E-state index in [-0.39, 0.29) is 0 Å². The van der Waals surface area contributed by atoms with E-state index in [9.17, 15) is 5.26 Å². The fourth-order valence-electron chi connectivity index (χ4n) is 3.04. The van der Waals surface area contributed by atoms with Crippen molar-refractivity contribution in [1.29, 1.82) is 5.26 Å². The Balaban J connectivity index is 1.67. The predicted octanol–water partition coefficient (Wildman–Crippen LogP) is 4.68. The quantitative estimate of drug-likeness (QED) is 0.435. The van der Waals surface area contributed by atoms with Crippen LogP contribution in [0.15, 0.2) is 53.0 Å². The van der Waals surface area contributed by atoms with Crippen LogP contribution in [-0.4, -0.2) is 24.5 Å². The molecule has 0 aliphatic heterocycles. The Kier molecular flexibility index (Phi) is 5.28. The maximum Gasteiger partial charge on any atom is 0.191 e. The van der Waals surface area contributed by atoms with Crippen molar-refractivity contribution < 1.29 is 0 Å². The Hall–Kier alpha value is -2.89. The van der Waals surface area contributed by atoms with Gasteiger partial charge < -0.3 is 4.57 Å². The molecular formula is C20H18N6S2. The van der Waals surface area contributed by atoms with Gasteiger partial charge in [-0.25, -0.2) is 4.68 Å². The van der Waals surface area contributed by atoms with E-state index < -0.39 is 0 Å². The molecule has 0 amide bonds. The molecule has 4 rings (SSSR count). The van der Waals surface area contributed by atoms with Gasteiger partial charge in [0.2, 0.25) is 0 Å². The van der Waals surface area contributed by atoms with Crippen molar-refractivity contribution in [2.45, 2.75) is 31.3 Å². The van der Waals surface area contributed by atoms with Gasteiger partial charge >= 0.3 is 0 Å². The van der Waals surface area contributed by atoms with Crippen LogP contribution in [0.1, 0.15) is 23.9 Å². The number of thioether (sulfide) groups is 1. The minimum absolute atomic E-state index is 0.585. The smallest absolute Gasteiger partial charge is 0.191 e. The number of nitriles is 1. The number of aromatic nitrogens is 5. The van der Waals surface area contributed by atoms with Crippen LogP contribution >= 0.6 is 23.1 Å². The highest BCUT2D eigenvalue weighted by atomic mass is 32.2. The fraction of sp³-hybridized carbons (Fsp3) is 0.200. The molecule has 0 saturated carbocycles. The first kappa shape index (κ1) is 18.5. The molecule has 6 nitrogen and oxygen atoms in total. The molecule has 1 aromatic carbocycles. The van der Waals surface area contributed by atoms with Crippen LogP contribution in [0.3, 0.4) is 0 Å². The molecule has 28 heavy (non-hydrogen) atoms. The molecule has 4 aromatic rings. The molecule has 0 bridgehead atoms. The second-order valence-electron chi connectivity index (χ2n) is 6.08. The zero-order valence-electron chi connectivity index (χ0n) is 15.5. The lowest BCUT2D eigenvalue weighted by atomic mass is 10.2. The van der Waals surface area contributed by atoms with Crippen LogP contribution in [-0.2, 0) is 12.3 Å². The van der Waals surface area contributed by atoms with Gasteiger partial charge in [0.15, 0.2) is 11.0 Å². The number of hydrogen-bond acceptors (Lipinski definition) is 6. The maximum atomic E-state index is 9.64. The molecule has 0 N–H and O–H groups in total. The largest absolute Gasteiger partial charge is 0.302 e. The third-order valence-electron chi connectivity index (χ3n) is 4.38. The lowest BCUT2D eigenvalue weighted by Gasteiger charge is -2.09. The van der Waals surface area contributed by atoms with E-state index in [1.807, 2.05) is 53.4 Å². The average Bonchev–Trinajstić information content (AvgIpc) is 3.45. The van der Waals surface area contributed by atoms with E-state index in [4.69, 9.17) is 0 Å². The number of hydrogen-bond donors (Lipinski definition) is 0. The van der Waals surface area contributed by atoms with Crippen molar-refractivity contribution in [3.05, 3.63) is 64.8 Å². The molecule has 0 fully saturated rings. The summed E-state index contributed by atoms with van der Waals surface area (Å²) in [5.74, 6) is 1.47. The highest BCUT2D eigenvalue weighted by Gasteiger charge is 2.19. The molecule has 0 aliphatic carbocycles. The van der Waals surface area contributed by atoms with Crippen LogP contribution < -0.4 is 0 Å². The third-order valence-corrected chi connectivity index (χ3v) is 6.23. The first-order chi connectivity index (χ1) is 13.7.